The first-order valence-corrected chi connectivity index (χ1v) is 9.45. The van der Waals surface area contributed by atoms with Crippen LogP contribution in [0.1, 0.15) is 17.5 Å². The Morgan fingerprint density at radius 3 is 3.00 bits per heavy atom. The number of nitro groups is 1. The summed E-state index contributed by atoms with van der Waals surface area (Å²) in [7, 11) is 0. The van der Waals surface area contributed by atoms with Gasteiger partial charge in [0.2, 0.25) is 0 Å². The molecular formula is C21H20ClN3O2. The number of fused-ring (bicyclic) bond motifs is 1. The second-order valence-corrected chi connectivity index (χ2v) is 7.56. The molecule has 6 heteroatoms. The Bertz CT molecular complexity index is 987. The molecule has 0 spiro atoms. The first-order valence-electron chi connectivity index (χ1n) is 9.07. The van der Waals surface area contributed by atoms with Crippen LogP contribution in [-0.4, -0.2) is 27.9 Å². The number of benzene rings is 2. The number of likely N-dealkylation sites (tertiary alicyclic amines) is 1. The molecular weight excluding hydrogens is 362 g/mol. The maximum atomic E-state index is 11.1. The molecule has 1 aliphatic heterocycles. The van der Waals surface area contributed by atoms with E-state index >= 15 is 0 Å². The predicted molar refractivity (Wildman–Crippen MR) is 107 cm³/mol. The quantitative estimate of drug-likeness (QED) is 0.467. The molecule has 2 heterocycles. The van der Waals surface area contributed by atoms with Gasteiger partial charge in [-0.1, -0.05) is 35.9 Å². The molecule has 0 amide bonds. The van der Waals surface area contributed by atoms with Gasteiger partial charge >= 0.3 is 0 Å². The number of pyridine rings is 1. The average Bonchev–Trinajstić information content (AvgIpc) is 3.10. The molecule has 1 unspecified atom stereocenters. The Hall–Kier alpha value is -2.50. The summed E-state index contributed by atoms with van der Waals surface area (Å²) < 4.78 is 0. The van der Waals surface area contributed by atoms with E-state index in [4.69, 9.17) is 11.6 Å². The molecule has 0 radical (unpaired) electrons. The van der Waals surface area contributed by atoms with Gasteiger partial charge in [-0.15, -0.1) is 0 Å². The Balaban J connectivity index is 1.43. The fourth-order valence-corrected chi connectivity index (χ4v) is 4.14. The Kier molecular flexibility index (Phi) is 5.05. The molecule has 1 aromatic heterocycles. The summed E-state index contributed by atoms with van der Waals surface area (Å²) >= 11 is 5.91. The Morgan fingerprint density at radius 2 is 2.15 bits per heavy atom. The third-order valence-corrected chi connectivity index (χ3v) is 5.58. The maximum absolute atomic E-state index is 11.1. The minimum atomic E-state index is -0.423. The number of nitrogens with zero attached hydrogens (tertiary/aromatic N) is 3. The Labute approximate surface area is 162 Å². The minimum Gasteiger partial charge on any atom is -0.299 e. The van der Waals surface area contributed by atoms with Gasteiger partial charge in [0, 0.05) is 36.9 Å². The summed E-state index contributed by atoms with van der Waals surface area (Å²) in [5.41, 5.74) is 2.28. The maximum Gasteiger partial charge on any atom is 0.288 e. The standard InChI is InChI=1S/C21H20ClN3O2/c22-20-5-4-15(11-21(20)25(26)27)13-24-9-7-16(14-24)10-17-2-1-3-18-12-23-8-6-19(17)18/h1-6,8,11-12,16H,7,9-10,13-14H2. The van der Waals surface area contributed by atoms with E-state index in [0.717, 1.165) is 31.5 Å². The van der Waals surface area contributed by atoms with E-state index in [9.17, 15) is 10.1 Å². The fourth-order valence-electron chi connectivity index (χ4n) is 3.96. The highest BCUT2D eigenvalue weighted by molar-refractivity contribution is 6.32. The van der Waals surface area contributed by atoms with Crippen LogP contribution in [0.4, 0.5) is 5.69 Å². The van der Waals surface area contributed by atoms with Gasteiger partial charge in [0.15, 0.2) is 0 Å². The second-order valence-electron chi connectivity index (χ2n) is 7.15. The van der Waals surface area contributed by atoms with E-state index < -0.39 is 4.92 Å². The smallest absolute Gasteiger partial charge is 0.288 e. The SMILES string of the molecule is O=[N+]([O-])c1cc(CN2CCC(Cc3cccc4cnccc34)C2)ccc1Cl. The first-order chi connectivity index (χ1) is 13.1. The largest absolute Gasteiger partial charge is 0.299 e. The summed E-state index contributed by atoms with van der Waals surface area (Å²) in [6.45, 7) is 2.72. The molecule has 4 rings (SSSR count). The lowest BCUT2D eigenvalue weighted by Gasteiger charge is -2.17. The summed E-state index contributed by atoms with van der Waals surface area (Å²) in [6, 6.07) is 13.6. The third-order valence-electron chi connectivity index (χ3n) is 5.26. The second kappa shape index (κ2) is 7.62. The lowest BCUT2D eigenvalue weighted by molar-refractivity contribution is -0.384. The van der Waals surface area contributed by atoms with E-state index in [1.807, 2.05) is 18.5 Å². The lowest BCUT2D eigenvalue weighted by Crippen LogP contribution is -2.20. The molecule has 5 nitrogen and oxygen atoms in total. The van der Waals surface area contributed by atoms with Gasteiger partial charge in [-0.2, -0.15) is 0 Å². The minimum absolute atomic E-state index is 0.0192. The molecule has 27 heavy (non-hydrogen) atoms. The molecule has 1 saturated heterocycles. The van der Waals surface area contributed by atoms with E-state index in [2.05, 4.69) is 34.1 Å². The van der Waals surface area contributed by atoms with Crippen molar-refractivity contribution in [3.63, 3.8) is 0 Å². The number of aromatic nitrogens is 1. The molecule has 3 aromatic rings. The van der Waals surface area contributed by atoms with Crippen molar-refractivity contribution in [2.24, 2.45) is 5.92 Å². The summed E-state index contributed by atoms with van der Waals surface area (Å²) in [6.07, 6.45) is 5.93. The van der Waals surface area contributed by atoms with Crippen LogP contribution in [0.15, 0.2) is 54.9 Å². The van der Waals surface area contributed by atoms with Gasteiger partial charge in [-0.25, -0.2) is 0 Å². The van der Waals surface area contributed by atoms with Crippen LogP contribution in [-0.2, 0) is 13.0 Å². The van der Waals surface area contributed by atoms with Gasteiger partial charge in [0.25, 0.3) is 5.69 Å². The van der Waals surface area contributed by atoms with Crippen LogP contribution in [0, 0.1) is 16.0 Å². The van der Waals surface area contributed by atoms with Crippen LogP contribution < -0.4 is 0 Å². The zero-order valence-electron chi connectivity index (χ0n) is 14.8. The fraction of sp³-hybridized carbons (Fsp3) is 0.286. The monoisotopic (exact) mass is 381 g/mol. The number of nitro benzene ring substituents is 1. The van der Waals surface area contributed by atoms with Gasteiger partial charge in [0.05, 0.1) is 4.92 Å². The van der Waals surface area contributed by atoms with Crippen molar-refractivity contribution in [3.8, 4) is 0 Å². The Morgan fingerprint density at radius 1 is 1.26 bits per heavy atom. The van der Waals surface area contributed by atoms with Crippen molar-refractivity contribution in [3.05, 3.63) is 81.1 Å². The van der Waals surface area contributed by atoms with Crippen molar-refractivity contribution >= 4 is 28.1 Å². The number of rotatable bonds is 5. The van der Waals surface area contributed by atoms with E-state index in [1.54, 1.807) is 12.1 Å². The lowest BCUT2D eigenvalue weighted by atomic mass is 9.95. The van der Waals surface area contributed by atoms with Crippen molar-refractivity contribution in [1.82, 2.24) is 9.88 Å². The van der Waals surface area contributed by atoms with Crippen LogP contribution in [0.2, 0.25) is 5.02 Å². The van der Waals surface area contributed by atoms with Crippen molar-refractivity contribution < 1.29 is 4.92 Å². The average molecular weight is 382 g/mol. The van der Waals surface area contributed by atoms with E-state index in [-0.39, 0.29) is 10.7 Å². The molecule has 2 aromatic carbocycles. The summed E-state index contributed by atoms with van der Waals surface area (Å²) in [5, 5.41) is 13.7. The number of hydrogen-bond acceptors (Lipinski definition) is 4. The molecule has 0 N–H and O–H groups in total. The number of hydrogen-bond donors (Lipinski definition) is 0. The zero-order chi connectivity index (χ0) is 18.8. The van der Waals surface area contributed by atoms with Gasteiger partial charge < -0.3 is 0 Å². The highest BCUT2D eigenvalue weighted by Crippen LogP contribution is 2.29. The predicted octanol–water partition coefficient (Wildman–Crippen LogP) is 4.86. The zero-order valence-corrected chi connectivity index (χ0v) is 15.6. The highest BCUT2D eigenvalue weighted by atomic mass is 35.5. The number of halogens is 1. The van der Waals surface area contributed by atoms with Crippen LogP contribution in [0.3, 0.4) is 0 Å². The molecule has 0 aliphatic carbocycles. The van der Waals surface area contributed by atoms with Crippen LogP contribution in [0.5, 0.6) is 0 Å². The van der Waals surface area contributed by atoms with Crippen molar-refractivity contribution in [2.45, 2.75) is 19.4 Å². The first kappa shape index (κ1) is 17.9. The van der Waals surface area contributed by atoms with Gasteiger partial charge in [-0.3, -0.25) is 20.0 Å². The van der Waals surface area contributed by atoms with E-state index in [0.29, 0.717) is 12.5 Å². The molecule has 138 valence electrons. The van der Waals surface area contributed by atoms with Gasteiger partial charge in [0.1, 0.15) is 5.02 Å². The van der Waals surface area contributed by atoms with E-state index in [1.165, 1.54) is 16.3 Å². The molecule has 1 atom stereocenters. The van der Waals surface area contributed by atoms with Crippen LogP contribution in [0.25, 0.3) is 10.8 Å². The third kappa shape index (κ3) is 3.94. The van der Waals surface area contributed by atoms with Crippen LogP contribution >= 0.6 is 11.6 Å². The topological polar surface area (TPSA) is 59.3 Å². The molecule has 0 bridgehead atoms. The molecule has 0 saturated carbocycles. The summed E-state index contributed by atoms with van der Waals surface area (Å²) in [5.74, 6) is 0.589. The summed E-state index contributed by atoms with van der Waals surface area (Å²) in [4.78, 5) is 17.2. The normalized spacial score (nSPS) is 17.4. The highest BCUT2D eigenvalue weighted by Gasteiger charge is 2.24. The molecule has 1 aliphatic rings. The van der Waals surface area contributed by atoms with Gasteiger partial charge in [-0.05, 0) is 54.0 Å². The van der Waals surface area contributed by atoms with Crippen molar-refractivity contribution in [2.75, 3.05) is 13.1 Å². The molecule has 1 fully saturated rings. The van der Waals surface area contributed by atoms with Crippen molar-refractivity contribution in [1.29, 1.82) is 0 Å².